The fourth-order valence-corrected chi connectivity index (χ4v) is 2.20. The van der Waals surface area contributed by atoms with Crippen molar-refractivity contribution in [3.63, 3.8) is 0 Å². The molecule has 1 aromatic carbocycles. The van der Waals surface area contributed by atoms with Crippen molar-refractivity contribution in [3.05, 3.63) is 29.8 Å². The molecule has 156 valence electrons. The zero-order chi connectivity index (χ0) is 19.3. The molecule has 1 rings (SSSR count). The number of hydrogen-bond donors (Lipinski definition) is 2. The highest BCUT2D eigenvalue weighted by atomic mass is 127. The summed E-state index contributed by atoms with van der Waals surface area (Å²) >= 11 is 0. The van der Waals surface area contributed by atoms with Crippen molar-refractivity contribution < 1.29 is 14.2 Å². The van der Waals surface area contributed by atoms with Crippen LogP contribution in [0.2, 0.25) is 0 Å². The molecule has 0 saturated carbocycles. The van der Waals surface area contributed by atoms with Crippen LogP contribution in [-0.2, 0) is 16.0 Å². The SMILES string of the molecule is CCNC(=NCc1ccccc1OC(C)(C)C)NCCCOCCOC.I. The van der Waals surface area contributed by atoms with Gasteiger partial charge in [-0.25, -0.2) is 4.99 Å². The smallest absolute Gasteiger partial charge is 0.191 e. The van der Waals surface area contributed by atoms with Gasteiger partial charge in [-0.1, -0.05) is 18.2 Å². The van der Waals surface area contributed by atoms with E-state index in [4.69, 9.17) is 14.2 Å². The molecule has 0 atom stereocenters. The quantitative estimate of drug-likeness (QED) is 0.214. The van der Waals surface area contributed by atoms with E-state index in [9.17, 15) is 0 Å². The molecule has 0 heterocycles. The number of halogens is 1. The van der Waals surface area contributed by atoms with Crippen molar-refractivity contribution in [1.29, 1.82) is 0 Å². The molecule has 0 saturated heterocycles. The highest BCUT2D eigenvalue weighted by Gasteiger charge is 2.14. The second kappa shape index (κ2) is 14.9. The highest BCUT2D eigenvalue weighted by Crippen LogP contribution is 2.23. The average Bonchev–Trinajstić information content (AvgIpc) is 2.58. The Morgan fingerprint density at radius 1 is 1.07 bits per heavy atom. The number of ether oxygens (including phenoxy) is 3. The fraction of sp³-hybridized carbons (Fsp3) is 0.650. The van der Waals surface area contributed by atoms with E-state index in [0.717, 1.165) is 36.8 Å². The largest absolute Gasteiger partial charge is 0.488 e. The number of rotatable bonds is 11. The second-order valence-corrected chi connectivity index (χ2v) is 6.90. The summed E-state index contributed by atoms with van der Waals surface area (Å²) in [7, 11) is 1.68. The van der Waals surface area contributed by atoms with Crippen molar-refractivity contribution in [1.82, 2.24) is 10.6 Å². The second-order valence-electron chi connectivity index (χ2n) is 6.90. The molecule has 2 N–H and O–H groups in total. The summed E-state index contributed by atoms with van der Waals surface area (Å²) in [5.74, 6) is 1.68. The summed E-state index contributed by atoms with van der Waals surface area (Å²) in [6, 6.07) is 8.05. The van der Waals surface area contributed by atoms with Crippen LogP contribution in [0, 0.1) is 0 Å². The maximum absolute atomic E-state index is 6.03. The van der Waals surface area contributed by atoms with Gasteiger partial charge in [-0.3, -0.25) is 0 Å². The lowest BCUT2D eigenvalue weighted by molar-refractivity contribution is 0.0698. The minimum absolute atomic E-state index is 0. The van der Waals surface area contributed by atoms with E-state index in [0.29, 0.717) is 26.4 Å². The summed E-state index contributed by atoms with van der Waals surface area (Å²) < 4.78 is 16.5. The number of aliphatic imine (C=N–C) groups is 1. The molecule has 0 bridgehead atoms. The zero-order valence-electron chi connectivity index (χ0n) is 17.3. The third kappa shape index (κ3) is 12.9. The predicted molar refractivity (Wildman–Crippen MR) is 122 cm³/mol. The molecule has 6 nitrogen and oxygen atoms in total. The Labute approximate surface area is 181 Å². The average molecular weight is 493 g/mol. The van der Waals surface area contributed by atoms with Gasteiger partial charge in [0.05, 0.1) is 19.8 Å². The number of nitrogens with one attached hydrogen (secondary N) is 2. The Balaban J connectivity index is 0.00000676. The molecule has 0 aromatic heterocycles. The molecule has 1 aromatic rings. The van der Waals surface area contributed by atoms with Crippen molar-refractivity contribution in [3.8, 4) is 5.75 Å². The maximum Gasteiger partial charge on any atom is 0.191 e. The Kier molecular flexibility index (Phi) is 14.3. The van der Waals surface area contributed by atoms with Crippen LogP contribution in [0.3, 0.4) is 0 Å². The lowest BCUT2D eigenvalue weighted by atomic mass is 10.1. The highest BCUT2D eigenvalue weighted by molar-refractivity contribution is 14.0. The first kappa shape index (κ1) is 25.9. The number of benzene rings is 1. The van der Waals surface area contributed by atoms with E-state index in [1.807, 2.05) is 39.0 Å². The van der Waals surface area contributed by atoms with Crippen LogP contribution in [0.1, 0.15) is 39.7 Å². The van der Waals surface area contributed by atoms with Gasteiger partial charge in [0, 0.05) is 32.4 Å². The van der Waals surface area contributed by atoms with E-state index in [-0.39, 0.29) is 29.6 Å². The monoisotopic (exact) mass is 493 g/mol. The van der Waals surface area contributed by atoms with Gasteiger partial charge in [0.25, 0.3) is 0 Å². The van der Waals surface area contributed by atoms with Gasteiger partial charge in [0.15, 0.2) is 5.96 Å². The molecule has 0 aliphatic heterocycles. The van der Waals surface area contributed by atoms with Crippen molar-refractivity contribution in [2.24, 2.45) is 4.99 Å². The van der Waals surface area contributed by atoms with Crippen molar-refractivity contribution in [2.45, 2.75) is 46.3 Å². The van der Waals surface area contributed by atoms with Crippen LogP contribution in [0.4, 0.5) is 0 Å². The van der Waals surface area contributed by atoms with Gasteiger partial charge < -0.3 is 24.8 Å². The van der Waals surface area contributed by atoms with Crippen LogP contribution >= 0.6 is 24.0 Å². The molecule has 7 heteroatoms. The molecular formula is C20H36IN3O3. The lowest BCUT2D eigenvalue weighted by Crippen LogP contribution is -2.38. The molecule has 0 aliphatic carbocycles. The summed E-state index contributed by atoms with van der Waals surface area (Å²) in [6.45, 7) is 12.4. The number of hydrogen-bond acceptors (Lipinski definition) is 4. The van der Waals surface area contributed by atoms with Crippen LogP contribution < -0.4 is 15.4 Å². The molecule has 0 spiro atoms. The normalized spacial score (nSPS) is 11.7. The van der Waals surface area contributed by atoms with Crippen molar-refractivity contribution >= 4 is 29.9 Å². The van der Waals surface area contributed by atoms with Crippen LogP contribution in [0.5, 0.6) is 5.75 Å². The minimum atomic E-state index is -0.231. The van der Waals surface area contributed by atoms with E-state index in [1.54, 1.807) is 7.11 Å². The molecule has 0 aliphatic rings. The first-order valence-electron chi connectivity index (χ1n) is 9.32. The minimum Gasteiger partial charge on any atom is -0.488 e. The van der Waals surface area contributed by atoms with Gasteiger partial charge >= 0.3 is 0 Å². The fourth-order valence-electron chi connectivity index (χ4n) is 2.20. The standard InChI is InChI=1S/C20H35N3O3.HI/c1-6-21-19(22-12-9-13-25-15-14-24-5)23-16-17-10-7-8-11-18(17)26-20(2,3)4;/h7-8,10-11H,6,9,12-16H2,1-5H3,(H2,21,22,23);1H. The van der Waals surface area contributed by atoms with E-state index >= 15 is 0 Å². The lowest BCUT2D eigenvalue weighted by Gasteiger charge is -2.23. The maximum atomic E-state index is 6.03. The Bertz CT molecular complexity index is 533. The van der Waals surface area contributed by atoms with E-state index in [2.05, 4.69) is 28.6 Å². The molecule has 0 fully saturated rings. The molecular weight excluding hydrogens is 457 g/mol. The number of methoxy groups -OCH3 is 1. The summed E-state index contributed by atoms with van der Waals surface area (Å²) in [4.78, 5) is 4.68. The number of guanidine groups is 1. The number of para-hydroxylation sites is 1. The Morgan fingerprint density at radius 3 is 2.48 bits per heavy atom. The molecule has 0 unspecified atom stereocenters. The first-order valence-corrected chi connectivity index (χ1v) is 9.32. The van der Waals surface area contributed by atoms with Gasteiger partial charge in [-0.05, 0) is 40.2 Å². The van der Waals surface area contributed by atoms with Crippen LogP contribution in [0.15, 0.2) is 29.3 Å². The molecule has 0 amide bonds. The Hall–Kier alpha value is -1.06. The summed E-state index contributed by atoms with van der Waals surface area (Å²) in [6.07, 6.45) is 0.915. The van der Waals surface area contributed by atoms with Crippen LogP contribution in [0.25, 0.3) is 0 Å². The van der Waals surface area contributed by atoms with Gasteiger partial charge in [-0.15, -0.1) is 24.0 Å². The van der Waals surface area contributed by atoms with E-state index in [1.165, 1.54) is 0 Å². The van der Waals surface area contributed by atoms with Crippen molar-refractivity contribution in [2.75, 3.05) is 40.0 Å². The van der Waals surface area contributed by atoms with Gasteiger partial charge in [-0.2, -0.15) is 0 Å². The third-order valence-electron chi connectivity index (χ3n) is 3.33. The first-order chi connectivity index (χ1) is 12.5. The van der Waals surface area contributed by atoms with E-state index < -0.39 is 0 Å². The zero-order valence-corrected chi connectivity index (χ0v) is 19.7. The molecule has 27 heavy (non-hydrogen) atoms. The third-order valence-corrected chi connectivity index (χ3v) is 3.33. The summed E-state index contributed by atoms with van der Waals surface area (Å²) in [5.41, 5.74) is 0.841. The van der Waals surface area contributed by atoms with Crippen LogP contribution in [-0.4, -0.2) is 51.6 Å². The topological polar surface area (TPSA) is 64.1 Å². The number of nitrogens with zero attached hydrogens (tertiary/aromatic N) is 1. The van der Waals surface area contributed by atoms with Gasteiger partial charge in [0.1, 0.15) is 11.4 Å². The van der Waals surface area contributed by atoms with Gasteiger partial charge in [0.2, 0.25) is 0 Å². The molecule has 0 radical (unpaired) electrons. The summed E-state index contributed by atoms with van der Waals surface area (Å²) in [5, 5.41) is 6.61. The predicted octanol–water partition coefficient (Wildman–Crippen LogP) is 3.59. The Morgan fingerprint density at radius 2 is 1.81 bits per heavy atom.